The zero-order valence-electron chi connectivity index (χ0n) is 19.7. The van der Waals surface area contributed by atoms with Crippen molar-refractivity contribution in [3.05, 3.63) is 59.7 Å². The number of rotatable bonds is 4. The van der Waals surface area contributed by atoms with Crippen LogP contribution in [0.3, 0.4) is 0 Å². The molecule has 33 heavy (non-hydrogen) atoms. The zero-order chi connectivity index (χ0) is 23.2. The number of carbonyl (C=O) groups excluding carboxylic acids is 2. The third kappa shape index (κ3) is 6.46. The summed E-state index contributed by atoms with van der Waals surface area (Å²) in [7, 11) is 4.32. The van der Waals surface area contributed by atoms with Gasteiger partial charge in [0.05, 0.1) is 66.5 Å². The van der Waals surface area contributed by atoms with E-state index < -0.39 is 0 Å². The second-order valence-electron chi connectivity index (χ2n) is 9.32. The van der Waals surface area contributed by atoms with E-state index in [4.69, 9.17) is 0 Å². The van der Waals surface area contributed by atoms with Crippen LogP contribution in [0.1, 0.15) is 11.1 Å². The fraction of sp³-hybridized carbons (Fsp3) is 0.440. The number of hydrogen-bond donors (Lipinski definition) is 4. The smallest absolute Gasteiger partial charge is 0.322 e. The molecule has 176 valence electrons. The molecule has 4 N–H and O–H groups in total. The molecule has 2 heterocycles. The fourth-order valence-corrected chi connectivity index (χ4v) is 4.24. The van der Waals surface area contributed by atoms with Crippen molar-refractivity contribution < 1.29 is 19.4 Å². The summed E-state index contributed by atoms with van der Waals surface area (Å²) in [6.45, 7) is 7.14. The molecule has 4 amide bonds. The molecule has 0 aliphatic carbocycles. The van der Waals surface area contributed by atoms with Crippen LogP contribution in [0.4, 0.5) is 21.0 Å². The Kier molecular flexibility index (Phi) is 7.47. The van der Waals surface area contributed by atoms with Crippen molar-refractivity contribution in [2.24, 2.45) is 0 Å². The van der Waals surface area contributed by atoms with E-state index in [-0.39, 0.29) is 12.1 Å². The van der Waals surface area contributed by atoms with Gasteiger partial charge in [0.25, 0.3) is 0 Å². The number of hydrogen-bond acceptors (Lipinski definition) is 2. The lowest BCUT2D eigenvalue weighted by molar-refractivity contribution is -0.883. The average molecular weight is 453 g/mol. The topological polar surface area (TPSA) is 73.6 Å². The van der Waals surface area contributed by atoms with E-state index in [1.165, 1.54) is 20.9 Å². The third-order valence-electron chi connectivity index (χ3n) is 6.63. The summed E-state index contributed by atoms with van der Waals surface area (Å²) in [6.07, 6.45) is 0.797. The van der Waals surface area contributed by atoms with Gasteiger partial charge in [0.15, 0.2) is 0 Å². The van der Waals surface area contributed by atoms with Gasteiger partial charge in [-0.3, -0.25) is 0 Å². The summed E-state index contributed by atoms with van der Waals surface area (Å²) in [6, 6.07) is 16.0. The lowest BCUT2D eigenvalue weighted by Gasteiger charge is -2.30. The van der Waals surface area contributed by atoms with Crippen molar-refractivity contribution in [2.75, 3.05) is 77.1 Å². The van der Waals surface area contributed by atoms with Crippen molar-refractivity contribution >= 4 is 23.4 Å². The minimum atomic E-state index is -0.0225. The summed E-state index contributed by atoms with van der Waals surface area (Å²) in [5.74, 6) is 0. The van der Waals surface area contributed by atoms with Crippen molar-refractivity contribution in [3.63, 3.8) is 0 Å². The lowest BCUT2D eigenvalue weighted by atomic mass is 10.0. The molecule has 2 saturated heterocycles. The second kappa shape index (κ2) is 10.7. The van der Waals surface area contributed by atoms with Crippen LogP contribution < -0.4 is 20.4 Å². The van der Waals surface area contributed by atoms with Crippen LogP contribution in [0.15, 0.2) is 48.5 Å². The van der Waals surface area contributed by atoms with E-state index in [2.05, 4.69) is 49.0 Å². The predicted molar refractivity (Wildman–Crippen MR) is 130 cm³/mol. The van der Waals surface area contributed by atoms with Crippen LogP contribution in [-0.2, 0) is 6.42 Å². The molecule has 8 heteroatoms. The Morgan fingerprint density at radius 1 is 0.667 bits per heavy atom. The molecule has 0 spiro atoms. The Morgan fingerprint density at radius 2 is 1.00 bits per heavy atom. The highest BCUT2D eigenvalue weighted by molar-refractivity contribution is 5.90. The average Bonchev–Trinajstić information content (AvgIpc) is 2.82. The van der Waals surface area contributed by atoms with Gasteiger partial charge in [-0.05, 0) is 41.8 Å². The standard InChI is InChI=1S/C25H34N6O2/c1-28-11-15-30(16-12-28)24(32)26-22-7-3-20(4-8-22)19-21-5-9-23(10-6-21)27-25(33)31-17-13-29(2)14-18-31/h3-10H,11-19H2,1-2H3,(H,26,32)(H,27,33)/p+2. The maximum atomic E-state index is 12.4. The summed E-state index contributed by atoms with van der Waals surface area (Å²) in [5, 5.41) is 6.01. The van der Waals surface area contributed by atoms with E-state index in [1.807, 2.05) is 34.1 Å². The molecular formula is C25H36N6O2+2. The van der Waals surface area contributed by atoms with Gasteiger partial charge in [-0.25, -0.2) is 9.59 Å². The van der Waals surface area contributed by atoms with E-state index in [1.54, 1.807) is 0 Å². The van der Waals surface area contributed by atoms with Gasteiger partial charge < -0.3 is 30.2 Å². The highest BCUT2D eigenvalue weighted by atomic mass is 16.2. The number of nitrogens with one attached hydrogen (secondary N) is 4. The van der Waals surface area contributed by atoms with Crippen molar-refractivity contribution in [1.82, 2.24) is 9.80 Å². The van der Waals surface area contributed by atoms with Crippen LogP contribution in [0.5, 0.6) is 0 Å². The summed E-state index contributed by atoms with van der Waals surface area (Å²) in [4.78, 5) is 31.6. The maximum absolute atomic E-state index is 12.4. The number of urea groups is 2. The highest BCUT2D eigenvalue weighted by Gasteiger charge is 2.22. The summed E-state index contributed by atoms with van der Waals surface area (Å²) >= 11 is 0. The minimum Gasteiger partial charge on any atom is -0.334 e. The highest BCUT2D eigenvalue weighted by Crippen LogP contribution is 2.17. The third-order valence-corrected chi connectivity index (χ3v) is 6.63. The molecule has 2 fully saturated rings. The molecule has 0 bridgehead atoms. The molecule has 0 unspecified atom stereocenters. The lowest BCUT2D eigenvalue weighted by Crippen LogP contribution is -3.12. The van der Waals surface area contributed by atoms with E-state index >= 15 is 0 Å². The molecule has 0 radical (unpaired) electrons. The number of benzene rings is 2. The molecule has 4 rings (SSSR count). The Bertz CT molecular complexity index is 853. The van der Waals surface area contributed by atoms with Crippen LogP contribution >= 0.6 is 0 Å². The first-order valence-electron chi connectivity index (χ1n) is 11.9. The van der Waals surface area contributed by atoms with Crippen LogP contribution in [0.25, 0.3) is 0 Å². The van der Waals surface area contributed by atoms with E-state index in [0.717, 1.165) is 70.2 Å². The number of anilines is 2. The van der Waals surface area contributed by atoms with Gasteiger partial charge in [-0.1, -0.05) is 24.3 Å². The zero-order valence-corrected chi connectivity index (χ0v) is 19.7. The van der Waals surface area contributed by atoms with Crippen LogP contribution in [0.2, 0.25) is 0 Å². The first-order valence-corrected chi connectivity index (χ1v) is 11.9. The molecular weight excluding hydrogens is 416 g/mol. The Labute approximate surface area is 196 Å². The molecule has 2 aromatic carbocycles. The monoisotopic (exact) mass is 452 g/mol. The second-order valence-corrected chi connectivity index (χ2v) is 9.32. The van der Waals surface area contributed by atoms with Crippen molar-refractivity contribution in [2.45, 2.75) is 6.42 Å². The largest absolute Gasteiger partial charge is 0.334 e. The van der Waals surface area contributed by atoms with Crippen molar-refractivity contribution in [1.29, 1.82) is 0 Å². The molecule has 0 atom stereocenters. The van der Waals surface area contributed by atoms with Gasteiger partial charge in [0.1, 0.15) is 0 Å². The Hall–Kier alpha value is -3.10. The number of carbonyl (C=O) groups is 2. The quantitative estimate of drug-likeness (QED) is 0.528. The van der Waals surface area contributed by atoms with Gasteiger partial charge in [-0.15, -0.1) is 0 Å². The number of amides is 4. The van der Waals surface area contributed by atoms with Gasteiger partial charge >= 0.3 is 12.1 Å². The first kappa shape index (κ1) is 23.1. The summed E-state index contributed by atoms with van der Waals surface area (Å²) in [5.41, 5.74) is 3.98. The van der Waals surface area contributed by atoms with Crippen LogP contribution in [0, 0.1) is 0 Å². The molecule has 0 saturated carbocycles. The van der Waals surface area contributed by atoms with Crippen molar-refractivity contribution in [3.8, 4) is 0 Å². The SMILES string of the molecule is C[NH+]1CCN(C(=O)Nc2ccc(Cc3ccc(NC(=O)N4CC[NH+](C)CC4)cc3)cc2)CC1. The van der Waals surface area contributed by atoms with Gasteiger partial charge in [-0.2, -0.15) is 0 Å². The summed E-state index contributed by atoms with van der Waals surface area (Å²) < 4.78 is 0. The number of likely N-dealkylation sites (N-methyl/N-ethyl adjacent to an activating group) is 2. The molecule has 2 aliphatic heterocycles. The molecule has 2 aromatic rings. The fourth-order valence-electron chi connectivity index (χ4n) is 4.24. The van der Waals surface area contributed by atoms with Gasteiger partial charge in [0.2, 0.25) is 0 Å². The van der Waals surface area contributed by atoms with E-state index in [0.29, 0.717) is 0 Å². The number of piperazine rings is 2. The molecule has 2 aliphatic rings. The molecule has 8 nitrogen and oxygen atoms in total. The number of quaternary nitrogens is 2. The Balaban J connectivity index is 1.26. The minimum absolute atomic E-state index is 0.0225. The Morgan fingerprint density at radius 3 is 1.33 bits per heavy atom. The normalized spacial score (nSPS) is 17.6. The molecule has 0 aromatic heterocycles. The number of nitrogens with zero attached hydrogens (tertiary/aromatic N) is 2. The first-order chi connectivity index (χ1) is 16.0. The predicted octanol–water partition coefficient (Wildman–Crippen LogP) is 0.00180. The van der Waals surface area contributed by atoms with Gasteiger partial charge in [0, 0.05) is 11.4 Å². The van der Waals surface area contributed by atoms with E-state index in [9.17, 15) is 9.59 Å². The van der Waals surface area contributed by atoms with Crippen LogP contribution in [-0.4, -0.2) is 88.3 Å². The maximum Gasteiger partial charge on any atom is 0.322 e.